The summed E-state index contributed by atoms with van der Waals surface area (Å²) < 4.78 is 0. The average molecular weight is 270 g/mol. The number of pyridine rings is 1. The number of benzene rings is 1. The molecule has 0 radical (unpaired) electrons. The molecular weight excluding hydrogens is 244 g/mol. The summed E-state index contributed by atoms with van der Waals surface area (Å²) in [5.74, 6) is 0. The lowest BCUT2D eigenvalue weighted by atomic mass is 9.83. The van der Waals surface area contributed by atoms with Gasteiger partial charge in [-0.1, -0.05) is 45.9 Å². The van der Waals surface area contributed by atoms with Crippen molar-refractivity contribution in [3.05, 3.63) is 42.1 Å². The van der Waals surface area contributed by atoms with Gasteiger partial charge >= 0.3 is 0 Å². The van der Waals surface area contributed by atoms with Gasteiger partial charge in [-0.25, -0.2) is 0 Å². The largest absolute Gasteiger partial charge is 0.314 e. The van der Waals surface area contributed by atoms with Gasteiger partial charge in [-0.3, -0.25) is 4.98 Å². The summed E-state index contributed by atoms with van der Waals surface area (Å²) in [7, 11) is 0. The molecule has 0 amide bonds. The zero-order chi connectivity index (χ0) is 14.6. The third-order valence-electron chi connectivity index (χ3n) is 3.86. The fraction of sp³-hybridized carbons (Fsp3) is 0.500. The van der Waals surface area contributed by atoms with Crippen LogP contribution in [0.25, 0.3) is 10.9 Å². The highest BCUT2D eigenvalue weighted by molar-refractivity contribution is 5.78. The summed E-state index contributed by atoms with van der Waals surface area (Å²) in [4.78, 5) is 4.55. The Morgan fingerprint density at radius 2 is 1.95 bits per heavy atom. The summed E-state index contributed by atoms with van der Waals surface area (Å²) in [6.07, 6.45) is 4.25. The molecule has 0 saturated carbocycles. The predicted molar refractivity (Wildman–Crippen MR) is 87.0 cm³/mol. The van der Waals surface area contributed by atoms with Crippen LogP contribution < -0.4 is 5.32 Å². The maximum Gasteiger partial charge on any atom is 0.0702 e. The maximum atomic E-state index is 4.55. The summed E-state index contributed by atoms with van der Waals surface area (Å²) in [6.45, 7) is 10.1. The number of nitrogens with one attached hydrogen (secondary N) is 1. The summed E-state index contributed by atoms with van der Waals surface area (Å²) in [5, 5.41) is 4.85. The van der Waals surface area contributed by atoms with E-state index in [4.69, 9.17) is 0 Å². The molecule has 1 N–H and O–H groups in total. The zero-order valence-corrected chi connectivity index (χ0v) is 13.1. The lowest BCUT2D eigenvalue weighted by Crippen LogP contribution is -2.40. The monoisotopic (exact) mass is 270 g/mol. The van der Waals surface area contributed by atoms with Gasteiger partial charge in [0, 0.05) is 17.6 Å². The lowest BCUT2D eigenvalue weighted by Gasteiger charge is -2.31. The highest BCUT2D eigenvalue weighted by atomic mass is 14.9. The second kappa shape index (κ2) is 6.36. The summed E-state index contributed by atoms with van der Waals surface area (Å²) in [6, 6.07) is 11.1. The van der Waals surface area contributed by atoms with Crippen molar-refractivity contribution in [1.29, 1.82) is 0 Å². The number of aryl methyl sites for hydroxylation is 1. The van der Waals surface area contributed by atoms with Crippen LogP contribution in [0.3, 0.4) is 0 Å². The third kappa shape index (κ3) is 3.80. The van der Waals surface area contributed by atoms with E-state index in [1.165, 1.54) is 10.9 Å². The van der Waals surface area contributed by atoms with Crippen LogP contribution in [0.5, 0.6) is 0 Å². The molecule has 2 rings (SSSR count). The molecule has 108 valence electrons. The molecule has 0 bridgehead atoms. The first kappa shape index (κ1) is 15.0. The highest BCUT2D eigenvalue weighted by Gasteiger charge is 2.23. The molecule has 0 aliphatic heterocycles. The Kier molecular flexibility index (Phi) is 4.77. The van der Waals surface area contributed by atoms with Crippen LogP contribution in [0.2, 0.25) is 0 Å². The van der Waals surface area contributed by atoms with Gasteiger partial charge in [0.1, 0.15) is 0 Å². The number of para-hydroxylation sites is 1. The van der Waals surface area contributed by atoms with E-state index in [9.17, 15) is 0 Å². The van der Waals surface area contributed by atoms with Crippen molar-refractivity contribution in [2.24, 2.45) is 5.41 Å². The van der Waals surface area contributed by atoms with E-state index >= 15 is 0 Å². The Morgan fingerprint density at radius 3 is 2.65 bits per heavy atom. The van der Waals surface area contributed by atoms with Crippen molar-refractivity contribution in [2.45, 2.75) is 46.6 Å². The van der Waals surface area contributed by atoms with Gasteiger partial charge in [0.2, 0.25) is 0 Å². The highest BCUT2D eigenvalue weighted by Crippen LogP contribution is 2.23. The van der Waals surface area contributed by atoms with Gasteiger partial charge in [-0.15, -0.1) is 0 Å². The van der Waals surface area contributed by atoms with Gasteiger partial charge in [-0.05, 0) is 42.5 Å². The van der Waals surface area contributed by atoms with E-state index in [0.717, 1.165) is 24.9 Å². The molecule has 20 heavy (non-hydrogen) atoms. The summed E-state index contributed by atoms with van der Waals surface area (Å²) >= 11 is 0. The Labute approximate surface area is 122 Å². The number of hydrogen-bond acceptors (Lipinski definition) is 2. The molecule has 2 aromatic rings. The van der Waals surface area contributed by atoms with E-state index in [0.29, 0.717) is 11.5 Å². The van der Waals surface area contributed by atoms with Gasteiger partial charge in [0.25, 0.3) is 0 Å². The van der Waals surface area contributed by atoms with Gasteiger partial charge in [0.05, 0.1) is 5.52 Å². The van der Waals surface area contributed by atoms with E-state index in [-0.39, 0.29) is 0 Å². The van der Waals surface area contributed by atoms with Crippen molar-refractivity contribution in [3.8, 4) is 0 Å². The number of rotatable bonds is 5. The fourth-order valence-corrected chi connectivity index (χ4v) is 2.65. The number of nitrogens with zero attached hydrogens (tertiary/aromatic N) is 1. The molecule has 1 atom stereocenters. The van der Waals surface area contributed by atoms with Gasteiger partial charge in [-0.2, -0.15) is 0 Å². The first-order valence-electron chi connectivity index (χ1n) is 7.57. The Hall–Kier alpha value is -1.41. The standard InChI is InChI=1S/C18H26N2/c1-5-19-17(18(2,3)4)11-10-14-12-15-8-6-7-9-16(15)20-13-14/h6-9,12-13,17,19H,5,10-11H2,1-4H3. The third-order valence-corrected chi connectivity index (χ3v) is 3.86. The van der Waals surface area contributed by atoms with Crippen LogP contribution >= 0.6 is 0 Å². The first-order chi connectivity index (χ1) is 9.50. The van der Waals surface area contributed by atoms with Crippen molar-refractivity contribution < 1.29 is 0 Å². The van der Waals surface area contributed by atoms with Crippen molar-refractivity contribution >= 4 is 10.9 Å². The minimum absolute atomic E-state index is 0.292. The van der Waals surface area contributed by atoms with E-state index in [2.05, 4.69) is 62.3 Å². The minimum atomic E-state index is 0.292. The molecule has 1 unspecified atom stereocenters. The SMILES string of the molecule is CCNC(CCc1cnc2ccccc2c1)C(C)(C)C. The van der Waals surface area contributed by atoms with E-state index in [1.54, 1.807) is 0 Å². The molecule has 1 aromatic heterocycles. The van der Waals surface area contributed by atoms with Gasteiger partial charge < -0.3 is 5.32 Å². The molecule has 2 nitrogen and oxygen atoms in total. The van der Waals surface area contributed by atoms with Crippen LogP contribution in [0.15, 0.2) is 36.5 Å². The lowest BCUT2D eigenvalue weighted by molar-refractivity contribution is 0.258. The first-order valence-corrected chi connectivity index (χ1v) is 7.57. The molecule has 0 aliphatic rings. The van der Waals surface area contributed by atoms with Crippen LogP contribution in [0.1, 0.15) is 39.7 Å². The second-order valence-corrected chi connectivity index (χ2v) is 6.55. The van der Waals surface area contributed by atoms with Gasteiger partial charge in [0.15, 0.2) is 0 Å². The molecule has 0 aliphatic carbocycles. The second-order valence-electron chi connectivity index (χ2n) is 6.55. The van der Waals surface area contributed by atoms with Crippen LogP contribution in [-0.2, 0) is 6.42 Å². The smallest absolute Gasteiger partial charge is 0.0702 e. The van der Waals surface area contributed by atoms with Crippen LogP contribution in [0, 0.1) is 5.41 Å². The van der Waals surface area contributed by atoms with Crippen molar-refractivity contribution in [1.82, 2.24) is 10.3 Å². The predicted octanol–water partition coefficient (Wildman–Crippen LogP) is 4.19. The molecule has 0 saturated heterocycles. The quantitative estimate of drug-likeness (QED) is 0.881. The number of fused-ring (bicyclic) bond motifs is 1. The molecule has 2 heteroatoms. The molecular formula is C18H26N2. The minimum Gasteiger partial charge on any atom is -0.314 e. The van der Waals surface area contributed by atoms with Crippen molar-refractivity contribution in [2.75, 3.05) is 6.54 Å². The molecule has 1 heterocycles. The number of aromatic nitrogens is 1. The fourth-order valence-electron chi connectivity index (χ4n) is 2.65. The molecule has 1 aromatic carbocycles. The Morgan fingerprint density at radius 1 is 1.20 bits per heavy atom. The van der Waals surface area contributed by atoms with E-state index < -0.39 is 0 Å². The van der Waals surface area contributed by atoms with Crippen LogP contribution in [-0.4, -0.2) is 17.6 Å². The number of hydrogen-bond donors (Lipinski definition) is 1. The Bertz CT molecular complexity index is 555. The zero-order valence-electron chi connectivity index (χ0n) is 13.1. The maximum absolute atomic E-state index is 4.55. The van der Waals surface area contributed by atoms with Crippen LogP contribution in [0.4, 0.5) is 0 Å². The topological polar surface area (TPSA) is 24.9 Å². The molecule has 0 fully saturated rings. The average Bonchev–Trinajstić information content (AvgIpc) is 2.42. The normalized spacial score (nSPS) is 13.6. The van der Waals surface area contributed by atoms with Crippen molar-refractivity contribution in [3.63, 3.8) is 0 Å². The molecule has 0 spiro atoms. The summed E-state index contributed by atoms with van der Waals surface area (Å²) in [5.41, 5.74) is 2.70. The Balaban J connectivity index is 2.07. The van der Waals surface area contributed by atoms with E-state index in [1.807, 2.05) is 12.3 Å².